The third-order valence-electron chi connectivity index (χ3n) is 7.60. The van der Waals surface area contributed by atoms with Gasteiger partial charge in [-0.3, -0.25) is 9.59 Å². The Morgan fingerprint density at radius 2 is 1.48 bits per heavy atom. The number of hydrogen-bond donors (Lipinski definition) is 4. The fourth-order valence-electron chi connectivity index (χ4n) is 5.20. The van der Waals surface area contributed by atoms with E-state index < -0.39 is 6.10 Å². The number of alkyl carbamates (subject to hydrolysis) is 1. The second kappa shape index (κ2) is 14.5. The average molecular weight is 571 g/mol. The molecular formula is C30H39ClN4O5. The molecule has 0 spiro atoms. The highest BCUT2D eigenvalue weighted by molar-refractivity contribution is 6.31. The van der Waals surface area contributed by atoms with E-state index >= 15 is 0 Å². The molecule has 0 saturated heterocycles. The van der Waals surface area contributed by atoms with Gasteiger partial charge in [-0.2, -0.15) is 0 Å². The van der Waals surface area contributed by atoms with E-state index in [0.717, 1.165) is 56.9 Å². The molecule has 0 radical (unpaired) electrons. The molecule has 9 nitrogen and oxygen atoms in total. The summed E-state index contributed by atoms with van der Waals surface area (Å²) in [7, 11) is 0. The topological polar surface area (TPSA) is 146 Å². The third kappa shape index (κ3) is 8.94. The van der Waals surface area contributed by atoms with Crippen LogP contribution >= 0.6 is 11.6 Å². The van der Waals surface area contributed by atoms with E-state index in [0.29, 0.717) is 29.0 Å². The van der Waals surface area contributed by atoms with Crippen molar-refractivity contribution in [3.8, 4) is 5.75 Å². The lowest BCUT2D eigenvalue weighted by Gasteiger charge is -2.30. The van der Waals surface area contributed by atoms with Gasteiger partial charge in [0.05, 0.1) is 12.0 Å². The number of carbonyl (C=O) groups excluding carboxylic acids is 3. The van der Waals surface area contributed by atoms with Gasteiger partial charge < -0.3 is 31.6 Å². The number of carbonyl (C=O) groups is 3. The average Bonchev–Trinajstić information content (AvgIpc) is 2.95. The molecule has 40 heavy (non-hydrogen) atoms. The molecular weight excluding hydrogens is 532 g/mol. The van der Waals surface area contributed by atoms with Crippen LogP contribution in [0.15, 0.2) is 48.5 Å². The van der Waals surface area contributed by atoms with E-state index in [-0.39, 0.29) is 42.3 Å². The van der Waals surface area contributed by atoms with Crippen LogP contribution < -0.4 is 26.8 Å². The summed E-state index contributed by atoms with van der Waals surface area (Å²) in [4.78, 5) is 36.1. The maximum absolute atomic E-state index is 12.3. The number of ketones is 1. The third-order valence-corrected chi connectivity index (χ3v) is 7.83. The highest BCUT2D eigenvalue weighted by atomic mass is 35.5. The van der Waals surface area contributed by atoms with Crippen LogP contribution in [0.25, 0.3) is 0 Å². The fraction of sp³-hybridized carbons (Fsp3) is 0.500. The largest absolute Gasteiger partial charge is 0.479 e. The second-order valence-electron chi connectivity index (χ2n) is 10.8. The van der Waals surface area contributed by atoms with Gasteiger partial charge in [-0.15, -0.1) is 0 Å². The van der Waals surface area contributed by atoms with Crippen LogP contribution in [0.2, 0.25) is 5.02 Å². The van der Waals surface area contributed by atoms with Crippen molar-refractivity contribution >= 4 is 29.4 Å². The minimum Gasteiger partial charge on any atom is -0.479 e. The molecule has 5 rings (SSSR count). The van der Waals surface area contributed by atoms with Gasteiger partial charge in [-0.1, -0.05) is 41.9 Å². The van der Waals surface area contributed by atoms with Gasteiger partial charge in [0, 0.05) is 29.2 Å². The second-order valence-corrected chi connectivity index (χ2v) is 11.2. The fourth-order valence-corrected chi connectivity index (χ4v) is 5.37. The van der Waals surface area contributed by atoms with Gasteiger partial charge >= 0.3 is 6.09 Å². The van der Waals surface area contributed by atoms with Crippen molar-refractivity contribution in [3.63, 3.8) is 0 Å². The number of nitrogens with one attached hydrogen (secondary N) is 2. The number of rotatable bonds is 5. The Labute approximate surface area is 240 Å². The maximum Gasteiger partial charge on any atom is 0.407 e. The molecule has 1 heterocycles. The Morgan fingerprint density at radius 3 is 2.10 bits per heavy atom. The predicted molar refractivity (Wildman–Crippen MR) is 153 cm³/mol. The van der Waals surface area contributed by atoms with Crippen LogP contribution in [0.1, 0.15) is 73.7 Å². The van der Waals surface area contributed by atoms with Crippen LogP contribution in [-0.2, 0) is 16.1 Å². The van der Waals surface area contributed by atoms with E-state index in [1.165, 1.54) is 0 Å². The molecule has 0 unspecified atom stereocenters. The molecule has 10 heteroatoms. The van der Waals surface area contributed by atoms with Gasteiger partial charge in [-0.05, 0) is 75.1 Å². The Hall–Kier alpha value is -3.14. The Balaban J connectivity index is 0.000000189. The van der Waals surface area contributed by atoms with Gasteiger partial charge in [-0.25, -0.2) is 4.79 Å². The molecule has 2 fully saturated rings. The quantitative estimate of drug-likeness (QED) is 0.420. The molecule has 2 amide bonds. The lowest BCUT2D eigenvalue weighted by molar-refractivity contribution is -0.129. The highest BCUT2D eigenvalue weighted by Gasteiger charge is 2.33. The van der Waals surface area contributed by atoms with Crippen molar-refractivity contribution in [1.82, 2.24) is 10.6 Å². The summed E-state index contributed by atoms with van der Waals surface area (Å²) >= 11 is 5.88. The molecule has 2 aliphatic carbocycles. The lowest BCUT2D eigenvalue weighted by atomic mass is 9.91. The first-order chi connectivity index (χ1) is 19.3. The summed E-state index contributed by atoms with van der Waals surface area (Å²) in [6.45, 7) is 0.318. The monoisotopic (exact) mass is 570 g/mol. The van der Waals surface area contributed by atoms with Gasteiger partial charge in [0.1, 0.15) is 12.4 Å². The van der Waals surface area contributed by atoms with Crippen LogP contribution in [-0.4, -0.2) is 48.1 Å². The van der Waals surface area contributed by atoms with Crippen LogP contribution in [0.3, 0.4) is 0 Å². The normalized spacial score (nSPS) is 25.8. The van der Waals surface area contributed by atoms with Crippen molar-refractivity contribution in [2.45, 2.75) is 94.7 Å². The van der Waals surface area contributed by atoms with Gasteiger partial charge in [0.25, 0.3) is 5.91 Å². The summed E-state index contributed by atoms with van der Waals surface area (Å²) in [5, 5.41) is 6.35. The summed E-state index contributed by atoms with van der Waals surface area (Å²) in [6.07, 6.45) is 6.37. The van der Waals surface area contributed by atoms with Crippen molar-refractivity contribution < 1.29 is 23.9 Å². The van der Waals surface area contributed by atoms with E-state index in [1.807, 2.05) is 30.3 Å². The first-order valence-electron chi connectivity index (χ1n) is 14.0. The van der Waals surface area contributed by atoms with Crippen LogP contribution in [0.5, 0.6) is 5.75 Å². The zero-order valence-electron chi connectivity index (χ0n) is 22.7. The zero-order chi connectivity index (χ0) is 28.5. The number of hydrogen-bond acceptors (Lipinski definition) is 7. The zero-order valence-corrected chi connectivity index (χ0v) is 23.4. The summed E-state index contributed by atoms with van der Waals surface area (Å²) in [6, 6.07) is 15.4. The number of nitrogens with two attached hydrogens (primary N) is 2. The molecule has 0 aromatic heterocycles. The van der Waals surface area contributed by atoms with E-state index in [1.54, 1.807) is 18.2 Å². The molecule has 2 aromatic rings. The van der Waals surface area contributed by atoms with Gasteiger partial charge in [0.15, 0.2) is 11.9 Å². The van der Waals surface area contributed by atoms with Gasteiger partial charge in [0.2, 0.25) is 0 Å². The van der Waals surface area contributed by atoms with E-state index in [4.69, 9.17) is 32.5 Å². The number of fused-ring (bicyclic) bond motifs is 1. The van der Waals surface area contributed by atoms with Crippen molar-refractivity contribution in [3.05, 3.63) is 64.7 Å². The summed E-state index contributed by atoms with van der Waals surface area (Å²) in [5.74, 6) is 0.0791. The minimum absolute atomic E-state index is 0.0470. The maximum atomic E-state index is 12.3. The molecule has 3 aliphatic rings. The van der Waals surface area contributed by atoms with Crippen LogP contribution in [0.4, 0.5) is 4.79 Å². The number of Topliss-reactive ketones (excluding diaryl/α,β-unsaturated/α-hetero) is 1. The van der Waals surface area contributed by atoms with Crippen molar-refractivity contribution in [2.24, 2.45) is 11.5 Å². The first kappa shape index (κ1) is 29.8. The molecule has 1 aliphatic heterocycles. The van der Waals surface area contributed by atoms with Crippen molar-refractivity contribution in [2.75, 3.05) is 0 Å². The molecule has 6 N–H and O–H groups in total. The SMILES string of the molecule is NC1CCC(NC(=O)OCc2ccccc2)CC1.NC1CCC(NC(=O)[C@H]2CC(=O)c3cc(Cl)ccc3O2)CC1. The number of amides is 2. The lowest BCUT2D eigenvalue weighted by Crippen LogP contribution is -2.48. The number of ether oxygens (including phenoxy) is 2. The summed E-state index contributed by atoms with van der Waals surface area (Å²) < 4.78 is 10.8. The number of benzene rings is 2. The Bertz CT molecular complexity index is 1150. The smallest absolute Gasteiger partial charge is 0.407 e. The predicted octanol–water partition coefficient (Wildman–Crippen LogP) is 4.24. The Morgan fingerprint density at radius 1 is 0.875 bits per heavy atom. The molecule has 216 valence electrons. The minimum atomic E-state index is -0.767. The Kier molecular flexibility index (Phi) is 10.8. The molecule has 0 bridgehead atoms. The van der Waals surface area contributed by atoms with Crippen LogP contribution in [0, 0.1) is 0 Å². The molecule has 1 atom stereocenters. The number of halogens is 1. The molecule has 2 saturated carbocycles. The highest BCUT2D eigenvalue weighted by Crippen LogP contribution is 2.30. The van der Waals surface area contributed by atoms with E-state index in [9.17, 15) is 14.4 Å². The van der Waals surface area contributed by atoms with Crippen molar-refractivity contribution in [1.29, 1.82) is 0 Å². The standard InChI is InChI=1S/C16H19ClN2O3.C14H20N2O2/c17-9-1-6-14-12(7-9)13(20)8-15(22-14)16(21)19-11-4-2-10(18)3-5-11;15-12-6-8-13(9-7-12)16-14(17)18-10-11-4-2-1-3-5-11/h1,6-7,10-11,15H,2-5,8,18H2,(H,19,21);1-5,12-13H,6-10,15H2,(H,16,17)/t10?,11?,15-;/m1./s1. The van der Waals surface area contributed by atoms with E-state index in [2.05, 4.69) is 10.6 Å². The molecule has 2 aromatic carbocycles. The first-order valence-corrected chi connectivity index (χ1v) is 14.4. The summed E-state index contributed by atoms with van der Waals surface area (Å²) in [5.41, 5.74) is 13.1.